The Balaban J connectivity index is 1.99. The number of rotatable bonds is 3. The molecule has 0 radical (unpaired) electrons. The van der Waals surface area contributed by atoms with E-state index in [0.29, 0.717) is 30.9 Å². The number of aromatic nitrogens is 2. The largest absolute Gasteiger partial charge is 0.416 e. The molecule has 0 amide bonds. The molecule has 29 heavy (non-hydrogen) atoms. The SMILES string of the molecule is CC(C)(C)c1nc([C@@H]2CCCCN2S(=O)(=O)c2ccc(C(F)(F)F)cc2Cl)no1. The van der Waals surface area contributed by atoms with Crippen molar-refractivity contribution < 1.29 is 26.1 Å². The summed E-state index contributed by atoms with van der Waals surface area (Å²) >= 11 is 5.94. The van der Waals surface area contributed by atoms with E-state index in [-0.39, 0.29) is 17.3 Å². The Hall–Kier alpha value is -1.65. The summed E-state index contributed by atoms with van der Waals surface area (Å²) in [6, 6.07) is 1.55. The van der Waals surface area contributed by atoms with Crippen molar-refractivity contribution in [1.29, 1.82) is 0 Å². The van der Waals surface area contributed by atoms with E-state index in [9.17, 15) is 21.6 Å². The van der Waals surface area contributed by atoms with Crippen molar-refractivity contribution >= 4 is 21.6 Å². The van der Waals surface area contributed by atoms with E-state index in [0.717, 1.165) is 12.5 Å². The molecule has 11 heteroatoms. The Morgan fingerprint density at radius 2 is 1.90 bits per heavy atom. The summed E-state index contributed by atoms with van der Waals surface area (Å²) in [7, 11) is -4.17. The van der Waals surface area contributed by atoms with Crippen molar-refractivity contribution in [3.05, 3.63) is 40.5 Å². The first-order valence-electron chi connectivity index (χ1n) is 9.04. The van der Waals surface area contributed by atoms with Crippen molar-refractivity contribution in [2.45, 2.75) is 62.6 Å². The van der Waals surface area contributed by atoms with Gasteiger partial charge in [-0.05, 0) is 31.0 Å². The van der Waals surface area contributed by atoms with Crippen molar-refractivity contribution in [3.63, 3.8) is 0 Å². The number of halogens is 4. The molecule has 0 bridgehead atoms. The molecule has 0 spiro atoms. The summed E-state index contributed by atoms with van der Waals surface area (Å²) in [5.74, 6) is 0.615. The van der Waals surface area contributed by atoms with Gasteiger partial charge >= 0.3 is 6.18 Å². The molecule has 1 atom stereocenters. The molecule has 1 aromatic heterocycles. The van der Waals surface area contributed by atoms with Crippen LogP contribution in [0.15, 0.2) is 27.6 Å². The van der Waals surface area contributed by atoms with Crippen molar-refractivity contribution in [2.24, 2.45) is 0 Å². The first-order valence-corrected chi connectivity index (χ1v) is 10.9. The van der Waals surface area contributed by atoms with Crippen molar-refractivity contribution in [2.75, 3.05) is 6.54 Å². The second kappa shape index (κ2) is 7.55. The van der Waals surface area contributed by atoms with Crippen LogP contribution in [0.1, 0.15) is 63.4 Å². The number of sulfonamides is 1. The standard InChI is InChI=1S/C18H21ClF3N3O3S/c1-17(2,3)16-23-15(24-28-16)13-6-4-5-9-25(13)29(26,27)14-8-7-11(10-12(14)19)18(20,21)22/h7-8,10,13H,4-6,9H2,1-3H3/t13-/m0/s1. The Kier molecular flexibility index (Phi) is 5.74. The molecule has 1 aromatic carbocycles. The maximum absolute atomic E-state index is 13.2. The van der Waals surface area contributed by atoms with E-state index >= 15 is 0 Å². The Morgan fingerprint density at radius 3 is 2.45 bits per heavy atom. The third kappa shape index (κ3) is 4.44. The second-order valence-electron chi connectivity index (χ2n) is 7.98. The highest BCUT2D eigenvalue weighted by molar-refractivity contribution is 7.89. The van der Waals surface area contributed by atoms with Crippen LogP contribution in [0, 0.1) is 0 Å². The zero-order valence-electron chi connectivity index (χ0n) is 16.1. The molecule has 0 aliphatic carbocycles. The Labute approximate surface area is 172 Å². The highest BCUT2D eigenvalue weighted by atomic mass is 35.5. The summed E-state index contributed by atoms with van der Waals surface area (Å²) < 4.78 is 71.6. The van der Waals surface area contributed by atoms with Crippen LogP contribution in [-0.4, -0.2) is 29.4 Å². The van der Waals surface area contributed by atoms with E-state index in [1.165, 1.54) is 4.31 Å². The maximum atomic E-state index is 13.2. The van der Waals surface area contributed by atoms with Crippen LogP contribution in [0.4, 0.5) is 13.2 Å². The third-order valence-electron chi connectivity index (χ3n) is 4.68. The van der Waals surface area contributed by atoms with Crippen LogP contribution in [0.5, 0.6) is 0 Å². The van der Waals surface area contributed by atoms with Crippen LogP contribution < -0.4 is 0 Å². The highest BCUT2D eigenvalue weighted by Crippen LogP contribution is 2.38. The fraction of sp³-hybridized carbons (Fsp3) is 0.556. The molecule has 2 heterocycles. The number of nitrogens with zero attached hydrogens (tertiary/aromatic N) is 3. The zero-order valence-corrected chi connectivity index (χ0v) is 17.7. The molecular formula is C18H21ClF3N3O3S. The van der Waals surface area contributed by atoms with Gasteiger partial charge in [0.25, 0.3) is 0 Å². The van der Waals surface area contributed by atoms with Gasteiger partial charge in [-0.2, -0.15) is 22.5 Å². The molecule has 1 aliphatic heterocycles. The maximum Gasteiger partial charge on any atom is 0.416 e. The minimum atomic E-state index is -4.62. The lowest BCUT2D eigenvalue weighted by molar-refractivity contribution is -0.137. The van der Waals surface area contributed by atoms with Crippen molar-refractivity contribution in [3.8, 4) is 0 Å². The minimum absolute atomic E-state index is 0.184. The normalized spacial score (nSPS) is 19.5. The lowest BCUT2D eigenvalue weighted by atomic mass is 9.97. The van der Waals surface area contributed by atoms with Crippen LogP contribution in [0.2, 0.25) is 5.02 Å². The van der Waals surface area contributed by atoms with Gasteiger partial charge in [0.05, 0.1) is 16.6 Å². The van der Waals surface area contributed by atoms with Crippen LogP contribution >= 0.6 is 11.6 Å². The summed E-state index contributed by atoms with van der Waals surface area (Å²) in [5.41, 5.74) is -1.41. The molecule has 1 aliphatic rings. The molecule has 1 saturated heterocycles. The molecule has 0 N–H and O–H groups in total. The van der Waals surface area contributed by atoms with E-state index in [2.05, 4.69) is 10.1 Å². The minimum Gasteiger partial charge on any atom is -0.339 e. The van der Waals surface area contributed by atoms with Gasteiger partial charge in [-0.1, -0.05) is 43.9 Å². The number of hydrogen-bond acceptors (Lipinski definition) is 5. The highest BCUT2D eigenvalue weighted by Gasteiger charge is 2.39. The van der Waals surface area contributed by atoms with Crippen LogP contribution in [0.25, 0.3) is 0 Å². The molecular weight excluding hydrogens is 431 g/mol. The predicted molar refractivity (Wildman–Crippen MR) is 99.9 cm³/mol. The predicted octanol–water partition coefficient (Wildman–Crippen LogP) is 4.96. The molecule has 3 rings (SSSR count). The zero-order chi connectivity index (χ0) is 21.6. The van der Waals surface area contributed by atoms with E-state index in [1.54, 1.807) is 0 Å². The van der Waals surface area contributed by atoms with E-state index in [1.807, 2.05) is 20.8 Å². The number of piperidine rings is 1. The second-order valence-corrected chi connectivity index (χ2v) is 10.2. The fourth-order valence-electron chi connectivity index (χ4n) is 3.14. The summed E-state index contributed by atoms with van der Waals surface area (Å²) in [6.45, 7) is 5.86. The van der Waals surface area contributed by atoms with Crippen LogP contribution in [0.3, 0.4) is 0 Å². The van der Waals surface area contributed by atoms with Gasteiger partial charge in [0.1, 0.15) is 4.90 Å². The van der Waals surface area contributed by atoms with Gasteiger partial charge in [0.2, 0.25) is 15.9 Å². The molecule has 0 unspecified atom stereocenters. The molecule has 160 valence electrons. The first kappa shape index (κ1) is 22.0. The van der Waals surface area contributed by atoms with Gasteiger partial charge in [-0.3, -0.25) is 0 Å². The first-order chi connectivity index (χ1) is 13.3. The smallest absolute Gasteiger partial charge is 0.339 e. The third-order valence-corrected chi connectivity index (χ3v) is 7.07. The monoisotopic (exact) mass is 451 g/mol. The lowest BCUT2D eigenvalue weighted by Gasteiger charge is -2.33. The van der Waals surface area contributed by atoms with E-state index in [4.69, 9.17) is 16.1 Å². The average Bonchev–Trinajstić information content (AvgIpc) is 3.11. The van der Waals surface area contributed by atoms with Gasteiger partial charge in [-0.15, -0.1) is 0 Å². The lowest BCUT2D eigenvalue weighted by Crippen LogP contribution is -2.39. The van der Waals surface area contributed by atoms with E-state index < -0.39 is 38.2 Å². The summed E-state index contributed by atoms with van der Waals surface area (Å²) in [6.07, 6.45) is -2.77. The average molecular weight is 452 g/mol. The number of alkyl halides is 3. The van der Waals surface area contributed by atoms with Gasteiger partial charge in [0, 0.05) is 12.0 Å². The fourth-order valence-corrected chi connectivity index (χ4v) is 5.31. The Bertz CT molecular complexity index is 1000. The Morgan fingerprint density at radius 1 is 1.21 bits per heavy atom. The number of hydrogen-bond donors (Lipinski definition) is 0. The topological polar surface area (TPSA) is 76.3 Å². The molecule has 1 fully saturated rings. The van der Waals surface area contributed by atoms with Gasteiger partial charge in [0.15, 0.2) is 5.82 Å². The molecule has 2 aromatic rings. The summed E-state index contributed by atoms with van der Waals surface area (Å²) in [4.78, 5) is 3.99. The quantitative estimate of drug-likeness (QED) is 0.659. The van der Waals surface area contributed by atoms with Gasteiger partial charge < -0.3 is 4.52 Å². The van der Waals surface area contributed by atoms with Crippen molar-refractivity contribution in [1.82, 2.24) is 14.4 Å². The summed E-state index contributed by atoms with van der Waals surface area (Å²) in [5, 5.41) is 3.48. The molecule has 0 saturated carbocycles. The van der Waals surface area contributed by atoms with Crippen LogP contribution in [-0.2, 0) is 21.6 Å². The van der Waals surface area contributed by atoms with Gasteiger partial charge in [-0.25, -0.2) is 8.42 Å². The number of benzene rings is 1. The molecule has 6 nitrogen and oxygen atoms in total.